The minimum absolute atomic E-state index is 0.0494. The summed E-state index contributed by atoms with van der Waals surface area (Å²) in [6.45, 7) is 4.33. The second-order valence-electron chi connectivity index (χ2n) is 13.7. The fraction of sp³-hybridized carbons (Fsp3) is 0.528. The molecule has 6 heterocycles. The molecule has 220 valence electrons. The highest BCUT2D eigenvalue weighted by Gasteiger charge is 2.65. The van der Waals surface area contributed by atoms with Gasteiger partial charge in [-0.05, 0) is 114 Å². The number of hydrogen-bond donors (Lipinski definition) is 3. The van der Waals surface area contributed by atoms with Crippen LogP contribution >= 0.6 is 0 Å². The monoisotopic (exact) mass is 564 g/mol. The fourth-order valence-electron chi connectivity index (χ4n) is 9.64. The Kier molecular flexibility index (Phi) is 6.58. The Labute approximate surface area is 248 Å². The van der Waals surface area contributed by atoms with Crippen molar-refractivity contribution < 1.29 is 10.2 Å². The number of nitrogens with one attached hydrogen (secondary N) is 1. The zero-order valence-electron chi connectivity index (χ0n) is 24.6. The molecule has 1 aromatic carbocycles. The van der Waals surface area contributed by atoms with Gasteiger partial charge in [-0.1, -0.05) is 36.4 Å². The molecule has 42 heavy (non-hydrogen) atoms. The highest BCUT2D eigenvalue weighted by Crippen LogP contribution is 2.61. The zero-order valence-corrected chi connectivity index (χ0v) is 24.6. The fourth-order valence-corrected chi connectivity index (χ4v) is 9.64. The number of phenolic OH excluding ortho intramolecular Hbond substituents is 1. The van der Waals surface area contributed by atoms with Gasteiger partial charge in [0.2, 0.25) is 0 Å². The van der Waals surface area contributed by atoms with E-state index in [9.17, 15) is 10.2 Å². The molecule has 0 radical (unpaired) electrons. The SMILES string of the molecule is Oc1cccc2c1[nH]c1c(C3=C[C@@]4(O)CC/C=C\CCCCN5CC[C@@H]3[C@]3(CC6/C=C\CCCCN6[C@H]34)C5)nccc12. The third kappa shape index (κ3) is 4.13. The molecule has 3 N–H and O–H groups in total. The van der Waals surface area contributed by atoms with E-state index < -0.39 is 5.60 Å². The Bertz CT molecular complexity index is 1590. The summed E-state index contributed by atoms with van der Waals surface area (Å²) in [6, 6.07) is 8.24. The van der Waals surface area contributed by atoms with E-state index in [4.69, 9.17) is 4.98 Å². The average molecular weight is 565 g/mol. The molecule has 1 aliphatic carbocycles. The molecule has 2 fully saturated rings. The van der Waals surface area contributed by atoms with Crippen molar-refractivity contribution in [3.05, 3.63) is 66.5 Å². The van der Waals surface area contributed by atoms with Crippen LogP contribution in [0.5, 0.6) is 5.75 Å². The number of aliphatic hydroxyl groups is 1. The number of para-hydroxylation sites is 1. The third-order valence-electron chi connectivity index (χ3n) is 11.3. The van der Waals surface area contributed by atoms with Gasteiger partial charge in [0.1, 0.15) is 5.75 Å². The lowest BCUT2D eigenvalue weighted by molar-refractivity contribution is -0.0894. The number of aromatic nitrogens is 2. The lowest BCUT2D eigenvalue weighted by Crippen LogP contribution is -2.65. The summed E-state index contributed by atoms with van der Waals surface area (Å²) in [4.78, 5) is 14.1. The first-order valence-electron chi connectivity index (χ1n) is 16.4. The van der Waals surface area contributed by atoms with E-state index in [2.05, 4.69) is 57.3 Å². The van der Waals surface area contributed by atoms with Crippen LogP contribution in [-0.2, 0) is 0 Å². The van der Waals surface area contributed by atoms with Gasteiger partial charge in [-0.2, -0.15) is 0 Å². The van der Waals surface area contributed by atoms with Gasteiger partial charge in [0.25, 0.3) is 0 Å². The molecule has 8 rings (SSSR count). The Morgan fingerprint density at radius 3 is 2.67 bits per heavy atom. The van der Waals surface area contributed by atoms with Gasteiger partial charge in [-0.15, -0.1) is 0 Å². The van der Waals surface area contributed by atoms with Crippen LogP contribution in [-0.4, -0.2) is 73.8 Å². The van der Waals surface area contributed by atoms with E-state index in [1.807, 2.05) is 12.3 Å². The van der Waals surface area contributed by atoms with Crippen LogP contribution in [0.15, 0.2) is 60.8 Å². The van der Waals surface area contributed by atoms with Crippen molar-refractivity contribution in [2.75, 3.05) is 26.2 Å². The molecule has 6 atom stereocenters. The number of aromatic hydroxyl groups is 1. The lowest BCUT2D eigenvalue weighted by Gasteiger charge is -2.58. The molecule has 0 saturated carbocycles. The quantitative estimate of drug-likeness (QED) is 0.292. The predicted octanol–water partition coefficient (Wildman–Crippen LogP) is 6.56. The number of nitrogens with zero attached hydrogens (tertiary/aromatic N) is 3. The van der Waals surface area contributed by atoms with E-state index in [1.165, 1.54) is 31.3 Å². The Morgan fingerprint density at radius 1 is 0.905 bits per heavy atom. The number of pyridine rings is 1. The maximum Gasteiger partial charge on any atom is 0.139 e. The molecule has 5 aliphatic rings. The minimum atomic E-state index is -0.951. The Balaban J connectivity index is 1.35. The number of hydrogen-bond acceptors (Lipinski definition) is 5. The third-order valence-corrected chi connectivity index (χ3v) is 11.3. The summed E-state index contributed by atoms with van der Waals surface area (Å²) in [5.41, 5.74) is 2.89. The van der Waals surface area contributed by atoms with Crippen LogP contribution in [0, 0.1) is 11.3 Å². The van der Waals surface area contributed by atoms with E-state index in [0.717, 1.165) is 92.2 Å². The molecule has 0 amide bonds. The first-order valence-corrected chi connectivity index (χ1v) is 16.4. The maximum atomic E-state index is 13.1. The largest absolute Gasteiger partial charge is 0.506 e. The van der Waals surface area contributed by atoms with Crippen molar-refractivity contribution in [3.63, 3.8) is 0 Å². The number of fused-ring (bicyclic) bond motifs is 5. The van der Waals surface area contributed by atoms with Crippen LogP contribution in [0.3, 0.4) is 0 Å². The minimum Gasteiger partial charge on any atom is -0.506 e. The highest BCUT2D eigenvalue weighted by atomic mass is 16.3. The van der Waals surface area contributed by atoms with Crippen molar-refractivity contribution in [2.45, 2.75) is 81.9 Å². The molecule has 6 heteroatoms. The van der Waals surface area contributed by atoms with Crippen LogP contribution in [0.25, 0.3) is 27.4 Å². The summed E-state index contributed by atoms with van der Waals surface area (Å²) >= 11 is 0. The standard InChI is InChI=1S/C36H44N4O2/c41-30-14-11-13-26-27-15-18-37-32(33(27)38-31(26)30)28-23-36(42)17-8-4-1-2-5-9-19-39-21-16-29(28)35(24-39)22-25-12-7-3-6-10-20-40(25)34(35)36/h1,4,7,11-15,18,23,25,29,34,38,41-42H,2-3,5-6,8-10,16-17,19-22,24H2/b4-1-,12-7-/t25?,29-,34+,35-,36-/m0/s1. The summed E-state index contributed by atoms with van der Waals surface area (Å²) in [6.07, 6.45) is 24.7. The van der Waals surface area contributed by atoms with Crippen LogP contribution in [0.1, 0.15) is 69.9 Å². The highest BCUT2D eigenvalue weighted by molar-refractivity contribution is 6.11. The zero-order chi connectivity index (χ0) is 28.3. The van der Waals surface area contributed by atoms with Crippen molar-refractivity contribution in [2.24, 2.45) is 11.3 Å². The van der Waals surface area contributed by atoms with Gasteiger partial charge in [-0.25, -0.2) is 0 Å². The number of rotatable bonds is 1. The molecule has 2 saturated heterocycles. The summed E-state index contributed by atoms with van der Waals surface area (Å²) in [5, 5.41) is 25.9. The topological polar surface area (TPSA) is 75.6 Å². The van der Waals surface area contributed by atoms with Crippen molar-refractivity contribution in [1.82, 2.24) is 19.8 Å². The number of benzene rings is 1. The Hall–Kier alpha value is -2.93. The summed E-state index contributed by atoms with van der Waals surface area (Å²) in [7, 11) is 0. The average Bonchev–Trinajstić information content (AvgIpc) is 3.50. The van der Waals surface area contributed by atoms with Crippen LogP contribution < -0.4 is 0 Å². The lowest BCUT2D eigenvalue weighted by atomic mass is 9.54. The molecule has 1 spiro atoms. The number of allylic oxidation sites excluding steroid dienone is 4. The molecular formula is C36H44N4O2. The van der Waals surface area contributed by atoms with Crippen LogP contribution in [0.4, 0.5) is 0 Å². The number of aromatic amines is 1. The van der Waals surface area contributed by atoms with Gasteiger partial charge < -0.3 is 20.1 Å². The van der Waals surface area contributed by atoms with Gasteiger partial charge >= 0.3 is 0 Å². The van der Waals surface area contributed by atoms with E-state index >= 15 is 0 Å². The predicted molar refractivity (Wildman–Crippen MR) is 169 cm³/mol. The molecular weight excluding hydrogens is 520 g/mol. The smallest absolute Gasteiger partial charge is 0.139 e. The first kappa shape index (κ1) is 26.7. The van der Waals surface area contributed by atoms with Crippen molar-refractivity contribution in [3.8, 4) is 5.75 Å². The molecule has 3 aromatic rings. The number of phenols is 1. The number of H-pyrrole nitrogens is 1. The molecule has 3 bridgehead atoms. The second-order valence-corrected chi connectivity index (χ2v) is 13.7. The van der Waals surface area contributed by atoms with Crippen molar-refractivity contribution >= 4 is 27.4 Å². The van der Waals surface area contributed by atoms with E-state index in [0.29, 0.717) is 12.0 Å². The van der Waals surface area contributed by atoms with Gasteiger partial charge in [0, 0.05) is 35.0 Å². The molecule has 2 unspecified atom stereocenters. The van der Waals surface area contributed by atoms with Crippen molar-refractivity contribution in [1.29, 1.82) is 0 Å². The first-order chi connectivity index (χ1) is 20.6. The second kappa shape index (κ2) is 10.4. The van der Waals surface area contributed by atoms with Gasteiger partial charge in [0.15, 0.2) is 0 Å². The van der Waals surface area contributed by atoms with E-state index in [1.54, 1.807) is 6.07 Å². The summed E-state index contributed by atoms with van der Waals surface area (Å²) in [5.74, 6) is 0.581. The molecule has 4 aliphatic heterocycles. The maximum absolute atomic E-state index is 13.1. The Morgan fingerprint density at radius 2 is 1.74 bits per heavy atom. The number of piperidine rings is 1. The van der Waals surface area contributed by atoms with E-state index in [-0.39, 0.29) is 17.2 Å². The normalized spacial score (nSPS) is 37.0. The summed E-state index contributed by atoms with van der Waals surface area (Å²) < 4.78 is 0. The molecule has 2 aromatic heterocycles. The van der Waals surface area contributed by atoms with Gasteiger partial charge in [-0.3, -0.25) is 9.88 Å². The van der Waals surface area contributed by atoms with Gasteiger partial charge in [0.05, 0.1) is 28.4 Å². The van der Waals surface area contributed by atoms with Crippen LogP contribution in [0.2, 0.25) is 0 Å². The molecule has 6 nitrogen and oxygen atoms in total.